The van der Waals surface area contributed by atoms with Crippen LogP contribution in [0.5, 0.6) is 0 Å². The molecule has 5 nitrogen and oxygen atoms in total. The van der Waals surface area contributed by atoms with Crippen molar-refractivity contribution >= 4 is 29.9 Å². The molecule has 3 rings (SSSR count). The molecule has 2 aliphatic rings. The van der Waals surface area contributed by atoms with Crippen LogP contribution in [0.25, 0.3) is 0 Å². The van der Waals surface area contributed by atoms with E-state index in [0.29, 0.717) is 5.41 Å². The van der Waals surface area contributed by atoms with Gasteiger partial charge in [-0.05, 0) is 38.5 Å². The molecular formula is C18H32IN5. The summed E-state index contributed by atoms with van der Waals surface area (Å²) in [6.07, 6.45) is 8.39. The van der Waals surface area contributed by atoms with Gasteiger partial charge in [-0.15, -0.1) is 24.0 Å². The predicted octanol–water partition coefficient (Wildman–Crippen LogP) is 3.39. The summed E-state index contributed by atoms with van der Waals surface area (Å²) in [4.78, 5) is 7.00. The lowest BCUT2D eigenvalue weighted by atomic mass is 9.73. The van der Waals surface area contributed by atoms with E-state index in [0.717, 1.165) is 24.7 Å². The van der Waals surface area contributed by atoms with Crippen molar-refractivity contribution < 1.29 is 0 Å². The van der Waals surface area contributed by atoms with E-state index in [1.165, 1.54) is 56.3 Å². The largest absolute Gasteiger partial charge is 0.352 e. The van der Waals surface area contributed by atoms with Gasteiger partial charge in [-0.25, -0.2) is 0 Å². The second kappa shape index (κ2) is 8.06. The topological polar surface area (TPSA) is 45.5 Å². The second-order valence-electron chi connectivity index (χ2n) is 7.41. The Morgan fingerprint density at radius 1 is 1.21 bits per heavy atom. The molecule has 0 amide bonds. The Morgan fingerprint density at radius 3 is 2.50 bits per heavy atom. The van der Waals surface area contributed by atoms with Gasteiger partial charge in [0.25, 0.3) is 0 Å². The molecular weight excluding hydrogens is 413 g/mol. The molecule has 1 saturated carbocycles. The van der Waals surface area contributed by atoms with E-state index in [-0.39, 0.29) is 24.0 Å². The number of aliphatic imine (C=N–C) groups is 1. The molecule has 2 fully saturated rings. The molecule has 1 N–H and O–H groups in total. The van der Waals surface area contributed by atoms with E-state index in [4.69, 9.17) is 0 Å². The number of aryl methyl sites for hydroxylation is 2. The predicted molar refractivity (Wildman–Crippen MR) is 110 cm³/mol. The van der Waals surface area contributed by atoms with Crippen molar-refractivity contribution in [3.05, 3.63) is 17.0 Å². The van der Waals surface area contributed by atoms with E-state index in [9.17, 15) is 0 Å². The third-order valence-corrected chi connectivity index (χ3v) is 5.95. The van der Waals surface area contributed by atoms with Gasteiger partial charge in [-0.3, -0.25) is 9.67 Å². The molecule has 0 radical (unpaired) electrons. The van der Waals surface area contributed by atoms with Crippen molar-refractivity contribution in [3.8, 4) is 0 Å². The van der Waals surface area contributed by atoms with Crippen LogP contribution in [-0.2, 0) is 13.6 Å². The summed E-state index contributed by atoms with van der Waals surface area (Å²) in [6.45, 7) is 7.34. The van der Waals surface area contributed by atoms with Crippen molar-refractivity contribution in [1.29, 1.82) is 0 Å². The minimum atomic E-state index is 0. The van der Waals surface area contributed by atoms with Crippen LogP contribution in [0.3, 0.4) is 0 Å². The maximum absolute atomic E-state index is 4.53. The van der Waals surface area contributed by atoms with Crippen molar-refractivity contribution in [2.75, 3.05) is 20.1 Å². The molecule has 1 saturated heterocycles. The first-order chi connectivity index (χ1) is 11.0. The third-order valence-electron chi connectivity index (χ3n) is 5.95. The average Bonchev–Trinajstić information content (AvgIpc) is 3.04. The summed E-state index contributed by atoms with van der Waals surface area (Å²) < 4.78 is 1.96. The fourth-order valence-electron chi connectivity index (χ4n) is 4.40. The molecule has 1 aromatic heterocycles. The minimum Gasteiger partial charge on any atom is -0.352 e. The van der Waals surface area contributed by atoms with Gasteiger partial charge in [0.15, 0.2) is 5.96 Å². The maximum atomic E-state index is 4.53. The van der Waals surface area contributed by atoms with Crippen LogP contribution in [0, 0.1) is 19.3 Å². The van der Waals surface area contributed by atoms with Crippen molar-refractivity contribution in [3.63, 3.8) is 0 Å². The quantitative estimate of drug-likeness (QED) is 0.431. The van der Waals surface area contributed by atoms with Gasteiger partial charge in [-0.1, -0.05) is 19.3 Å². The molecule has 1 aliphatic carbocycles. The molecule has 1 aromatic rings. The number of hydrogen-bond donors (Lipinski definition) is 1. The molecule has 0 bridgehead atoms. The third kappa shape index (κ3) is 3.89. The normalized spacial score (nSPS) is 20.3. The lowest BCUT2D eigenvalue weighted by Crippen LogP contribution is -2.41. The SMILES string of the molecule is CN=C(NCc1c(C)nn(C)c1C)N1CCC2(CCCCC2)C1.I. The molecule has 1 spiro atoms. The number of guanidine groups is 1. The zero-order chi connectivity index (χ0) is 16.4. The number of hydrogen-bond acceptors (Lipinski definition) is 2. The van der Waals surface area contributed by atoms with Crippen LogP contribution in [-0.4, -0.2) is 40.8 Å². The minimum absolute atomic E-state index is 0. The Hall–Kier alpha value is -0.790. The van der Waals surface area contributed by atoms with Crippen molar-refractivity contribution in [1.82, 2.24) is 20.0 Å². The van der Waals surface area contributed by atoms with Crippen LogP contribution < -0.4 is 5.32 Å². The Labute approximate surface area is 163 Å². The van der Waals surface area contributed by atoms with Gasteiger partial charge < -0.3 is 10.2 Å². The molecule has 0 atom stereocenters. The number of rotatable bonds is 2. The summed E-state index contributed by atoms with van der Waals surface area (Å²) in [5.41, 5.74) is 4.20. The van der Waals surface area contributed by atoms with Gasteiger partial charge in [0.2, 0.25) is 0 Å². The van der Waals surface area contributed by atoms with Crippen molar-refractivity contribution in [2.45, 2.75) is 58.9 Å². The smallest absolute Gasteiger partial charge is 0.193 e. The van der Waals surface area contributed by atoms with Crippen LogP contribution >= 0.6 is 24.0 Å². The number of aromatic nitrogens is 2. The summed E-state index contributed by atoms with van der Waals surface area (Å²) >= 11 is 0. The number of likely N-dealkylation sites (tertiary alicyclic amines) is 1. The van der Waals surface area contributed by atoms with Crippen LogP contribution in [0.4, 0.5) is 0 Å². The molecule has 136 valence electrons. The highest BCUT2D eigenvalue weighted by molar-refractivity contribution is 14.0. The van der Waals surface area contributed by atoms with Crippen LogP contribution in [0.2, 0.25) is 0 Å². The molecule has 24 heavy (non-hydrogen) atoms. The first-order valence-electron chi connectivity index (χ1n) is 8.99. The zero-order valence-corrected chi connectivity index (χ0v) is 17.9. The van der Waals surface area contributed by atoms with E-state index in [1.807, 2.05) is 18.8 Å². The molecule has 1 aliphatic heterocycles. The lowest BCUT2D eigenvalue weighted by Gasteiger charge is -2.33. The number of nitrogens with one attached hydrogen (secondary N) is 1. The average molecular weight is 445 g/mol. The number of halogens is 1. The molecule has 0 aromatic carbocycles. The fraction of sp³-hybridized carbons (Fsp3) is 0.778. The van der Waals surface area contributed by atoms with E-state index >= 15 is 0 Å². The van der Waals surface area contributed by atoms with E-state index < -0.39 is 0 Å². The van der Waals surface area contributed by atoms with Gasteiger partial charge in [0, 0.05) is 45.0 Å². The molecule has 2 heterocycles. The Bertz CT molecular complexity index is 586. The monoisotopic (exact) mass is 445 g/mol. The first kappa shape index (κ1) is 19.5. The summed E-state index contributed by atoms with van der Waals surface area (Å²) in [5.74, 6) is 1.05. The van der Waals surface area contributed by atoms with E-state index in [2.05, 4.69) is 34.2 Å². The highest BCUT2D eigenvalue weighted by Crippen LogP contribution is 2.43. The number of nitrogens with zero attached hydrogens (tertiary/aromatic N) is 4. The van der Waals surface area contributed by atoms with Gasteiger partial charge >= 0.3 is 0 Å². The Balaban J connectivity index is 0.00000208. The highest BCUT2D eigenvalue weighted by atomic mass is 127. The Kier molecular flexibility index (Phi) is 6.56. The lowest BCUT2D eigenvalue weighted by molar-refractivity contribution is 0.203. The van der Waals surface area contributed by atoms with Crippen LogP contribution in [0.1, 0.15) is 55.5 Å². The van der Waals surface area contributed by atoms with Crippen LogP contribution in [0.15, 0.2) is 4.99 Å². The standard InChI is InChI=1S/C18H31N5.HI/c1-14-16(15(2)22(4)21-14)12-20-17(19-3)23-11-10-18(13-23)8-6-5-7-9-18;/h5-13H2,1-4H3,(H,19,20);1H. The van der Waals surface area contributed by atoms with E-state index in [1.54, 1.807) is 0 Å². The Morgan fingerprint density at radius 2 is 1.92 bits per heavy atom. The van der Waals surface area contributed by atoms with Gasteiger partial charge in [0.1, 0.15) is 0 Å². The second-order valence-corrected chi connectivity index (χ2v) is 7.41. The molecule has 0 unspecified atom stereocenters. The zero-order valence-electron chi connectivity index (χ0n) is 15.6. The first-order valence-corrected chi connectivity index (χ1v) is 8.99. The highest BCUT2D eigenvalue weighted by Gasteiger charge is 2.39. The summed E-state index contributed by atoms with van der Waals surface area (Å²) in [7, 11) is 3.91. The van der Waals surface area contributed by atoms with Gasteiger partial charge in [0.05, 0.1) is 5.69 Å². The summed E-state index contributed by atoms with van der Waals surface area (Å²) in [6, 6.07) is 0. The molecule has 6 heteroatoms. The fourth-order valence-corrected chi connectivity index (χ4v) is 4.40. The maximum Gasteiger partial charge on any atom is 0.193 e. The van der Waals surface area contributed by atoms with Crippen molar-refractivity contribution in [2.24, 2.45) is 17.5 Å². The van der Waals surface area contributed by atoms with Gasteiger partial charge in [-0.2, -0.15) is 5.10 Å². The summed E-state index contributed by atoms with van der Waals surface area (Å²) in [5, 5.41) is 8.07.